The molecular weight excluding hydrogens is 484 g/mol. The molecule has 19 heavy (non-hydrogen) atoms. The van der Waals surface area contributed by atoms with Crippen LogP contribution < -0.4 is 0 Å². The second-order valence-electron chi connectivity index (χ2n) is 4.22. The summed E-state index contributed by atoms with van der Waals surface area (Å²) >= 11 is 6.03. The zero-order valence-electron chi connectivity index (χ0n) is 9.95. The minimum absolute atomic E-state index is 0.317. The number of para-hydroxylation sites is 1. The van der Waals surface area contributed by atoms with Crippen molar-refractivity contribution in [3.8, 4) is 16.3 Å². The lowest BCUT2D eigenvalue weighted by Gasteiger charge is -2.04. The maximum atomic E-state index is 10.2. The van der Waals surface area contributed by atoms with Gasteiger partial charge >= 0.3 is 0 Å². The van der Waals surface area contributed by atoms with Gasteiger partial charge in [-0.3, -0.25) is 0 Å². The molecule has 1 heterocycles. The maximum absolute atomic E-state index is 10.2. The first-order valence-electron chi connectivity index (χ1n) is 5.61. The minimum atomic E-state index is 0.317. The van der Waals surface area contributed by atoms with Gasteiger partial charge in [-0.25, -0.2) is 4.98 Å². The minimum Gasteiger partial charge on any atom is -0.506 e. The number of phenolic OH excluding ortho intramolecular Hbond substituents is 1. The molecule has 0 saturated heterocycles. The fourth-order valence-electron chi connectivity index (χ4n) is 1.93. The summed E-state index contributed by atoms with van der Waals surface area (Å²) in [4.78, 5) is 4.68. The molecule has 0 fully saturated rings. The normalized spacial score (nSPS) is 11.1. The first-order valence-corrected chi connectivity index (χ1v) is 8.58. The molecule has 1 aromatic heterocycles. The summed E-state index contributed by atoms with van der Waals surface area (Å²) in [5.74, 6) is 0.317. The number of thiazole rings is 1. The van der Waals surface area contributed by atoms with Crippen LogP contribution in [0.5, 0.6) is 5.75 Å². The summed E-state index contributed by atoms with van der Waals surface area (Å²) in [5.41, 5.74) is 3.01. The summed E-state index contributed by atoms with van der Waals surface area (Å²) in [7, 11) is 0. The van der Waals surface area contributed by atoms with Crippen LogP contribution in [0.25, 0.3) is 20.8 Å². The van der Waals surface area contributed by atoms with Gasteiger partial charge in [0.05, 0.1) is 19.4 Å². The number of aromatic nitrogens is 1. The molecule has 2 aromatic carbocycles. The van der Waals surface area contributed by atoms with Gasteiger partial charge in [0.2, 0.25) is 0 Å². The monoisotopic (exact) mass is 493 g/mol. The lowest BCUT2D eigenvalue weighted by atomic mass is 10.2. The molecule has 96 valence electrons. The van der Waals surface area contributed by atoms with Crippen LogP contribution >= 0.6 is 56.5 Å². The van der Waals surface area contributed by atoms with E-state index in [-0.39, 0.29) is 0 Å². The number of benzene rings is 2. The fraction of sp³-hybridized carbons (Fsp3) is 0.0714. The Bertz CT molecular complexity index is 782. The van der Waals surface area contributed by atoms with E-state index < -0.39 is 0 Å². The third-order valence-electron chi connectivity index (χ3n) is 2.88. The second-order valence-corrected chi connectivity index (χ2v) is 7.66. The molecule has 0 unspecified atom stereocenters. The average Bonchev–Trinajstić information content (AvgIpc) is 2.79. The Morgan fingerprint density at radius 3 is 2.74 bits per heavy atom. The number of fused-ring (bicyclic) bond motifs is 1. The molecule has 0 amide bonds. The first-order chi connectivity index (χ1) is 9.06. The summed E-state index contributed by atoms with van der Waals surface area (Å²) in [6.07, 6.45) is 0. The van der Waals surface area contributed by atoms with E-state index in [9.17, 15) is 5.11 Å². The van der Waals surface area contributed by atoms with E-state index >= 15 is 0 Å². The number of hydrogen-bond acceptors (Lipinski definition) is 3. The fourth-order valence-corrected chi connectivity index (χ4v) is 4.84. The Hall–Kier alpha value is -0.410. The molecule has 2 nitrogen and oxygen atoms in total. The van der Waals surface area contributed by atoms with Gasteiger partial charge < -0.3 is 5.11 Å². The molecule has 0 atom stereocenters. The summed E-state index contributed by atoms with van der Waals surface area (Å²) in [6, 6.07) is 10.1. The number of nitrogens with zero attached hydrogens (tertiary/aromatic N) is 1. The van der Waals surface area contributed by atoms with Gasteiger partial charge in [-0.05, 0) is 75.9 Å². The molecule has 0 saturated carbocycles. The van der Waals surface area contributed by atoms with Crippen molar-refractivity contribution < 1.29 is 5.11 Å². The van der Waals surface area contributed by atoms with Crippen LogP contribution in [0.2, 0.25) is 0 Å². The summed E-state index contributed by atoms with van der Waals surface area (Å²) < 4.78 is 3.12. The lowest BCUT2D eigenvalue weighted by Crippen LogP contribution is -1.84. The highest BCUT2D eigenvalue weighted by Crippen LogP contribution is 2.39. The molecule has 0 radical (unpaired) electrons. The largest absolute Gasteiger partial charge is 0.506 e. The van der Waals surface area contributed by atoms with Crippen LogP contribution in [-0.4, -0.2) is 10.1 Å². The van der Waals surface area contributed by atoms with Crippen molar-refractivity contribution in [3.63, 3.8) is 0 Å². The molecule has 3 rings (SSSR count). The quantitative estimate of drug-likeness (QED) is 0.474. The van der Waals surface area contributed by atoms with E-state index in [0.29, 0.717) is 5.75 Å². The van der Waals surface area contributed by atoms with Crippen LogP contribution in [0.15, 0.2) is 30.3 Å². The van der Waals surface area contributed by atoms with Gasteiger partial charge in [-0.15, -0.1) is 11.3 Å². The van der Waals surface area contributed by atoms with Crippen LogP contribution in [0.4, 0.5) is 0 Å². The third-order valence-corrected chi connectivity index (χ3v) is 5.38. The Labute approximate surface area is 142 Å². The highest BCUT2D eigenvalue weighted by atomic mass is 127. The van der Waals surface area contributed by atoms with Crippen molar-refractivity contribution in [2.24, 2.45) is 0 Å². The van der Waals surface area contributed by atoms with Gasteiger partial charge in [0.25, 0.3) is 0 Å². The molecule has 0 aliphatic rings. The van der Waals surface area contributed by atoms with Crippen molar-refractivity contribution in [1.82, 2.24) is 4.98 Å². The first kappa shape index (κ1) is 13.6. The molecule has 3 aromatic rings. The highest BCUT2D eigenvalue weighted by Gasteiger charge is 2.14. The number of aryl methyl sites for hydroxylation is 1. The van der Waals surface area contributed by atoms with Crippen LogP contribution in [-0.2, 0) is 0 Å². The number of rotatable bonds is 1. The van der Waals surface area contributed by atoms with E-state index in [4.69, 9.17) is 0 Å². The average molecular weight is 493 g/mol. The highest BCUT2D eigenvalue weighted by molar-refractivity contribution is 14.1. The van der Waals surface area contributed by atoms with Gasteiger partial charge in [0.1, 0.15) is 10.8 Å². The zero-order chi connectivity index (χ0) is 13.6. The van der Waals surface area contributed by atoms with E-state index in [1.54, 1.807) is 11.3 Å². The van der Waals surface area contributed by atoms with Crippen molar-refractivity contribution in [3.05, 3.63) is 43.0 Å². The number of halogens is 2. The molecule has 0 aliphatic carbocycles. The van der Waals surface area contributed by atoms with E-state index in [0.717, 1.165) is 27.9 Å². The molecule has 0 spiro atoms. The summed E-state index contributed by atoms with van der Waals surface area (Å²) in [5, 5.41) is 11.1. The SMILES string of the molecule is Cc1cccc2sc(-c3cc(I)cc(I)c3O)nc12. The Balaban J connectivity index is 2.28. The Morgan fingerprint density at radius 1 is 1.21 bits per heavy atom. The standard InChI is InChI=1S/C14H9I2NOS/c1-7-3-2-4-11-12(7)17-14(19-11)9-5-8(15)6-10(16)13(9)18/h2-6,18H,1H3. The predicted octanol–water partition coefficient (Wildman–Crippen LogP) is 5.19. The third kappa shape index (κ3) is 2.47. The predicted molar refractivity (Wildman–Crippen MR) is 96.9 cm³/mol. The van der Waals surface area contributed by atoms with E-state index in [1.807, 2.05) is 18.2 Å². The van der Waals surface area contributed by atoms with Crippen LogP contribution in [0.1, 0.15) is 5.56 Å². The molecule has 0 bridgehead atoms. The Morgan fingerprint density at radius 2 is 2.00 bits per heavy atom. The Kier molecular flexibility index (Phi) is 3.69. The van der Waals surface area contributed by atoms with Crippen LogP contribution in [0, 0.1) is 14.1 Å². The molecule has 5 heteroatoms. The van der Waals surface area contributed by atoms with Crippen molar-refractivity contribution >= 4 is 66.7 Å². The topological polar surface area (TPSA) is 33.1 Å². The smallest absolute Gasteiger partial charge is 0.139 e. The molecule has 0 aliphatic heterocycles. The maximum Gasteiger partial charge on any atom is 0.139 e. The number of hydrogen-bond donors (Lipinski definition) is 1. The molecular formula is C14H9I2NOS. The summed E-state index contributed by atoms with van der Waals surface area (Å²) in [6.45, 7) is 2.06. The van der Waals surface area contributed by atoms with Crippen molar-refractivity contribution in [2.75, 3.05) is 0 Å². The lowest BCUT2D eigenvalue weighted by molar-refractivity contribution is 0.473. The second kappa shape index (κ2) is 5.17. The van der Waals surface area contributed by atoms with Gasteiger partial charge in [0.15, 0.2) is 0 Å². The van der Waals surface area contributed by atoms with Gasteiger partial charge in [0, 0.05) is 3.57 Å². The molecule has 1 N–H and O–H groups in total. The van der Waals surface area contributed by atoms with Crippen molar-refractivity contribution in [2.45, 2.75) is 6.92 Å². The zero-order valence-corrected chi connectivity index (χ0v) is 15.1. The van der Waals surface area contributed by atoms with Gasteiger partial charge in [-0.1, -0.05) is 12.1 Å². The number of aromatic hydroxyl groups is 1. The van der Waals surface area contributed by atoms with E-state index in [2.05, 4.69) is 69.2 Å². The number of phenols is 1. The van der Waals surface area contributed by atoms with Crippen LogP contribution in [0.3, 0.4) is 0 Å². The van der Waals surface area contributed by atoms with E-state index in [1.165, 1.54) is 5.56 Å². The van der Waals surface area contributed by atoms with Crippen molar-refractivity contribution in [1.29, 1.82) is 0 Å². The van der Waals surface area contributed by atoms with Gasteiger partial charge in [-0.2, -0.15) is 0 Å².